The van der Waals surface area contributed by atoms with E-state index in [0.29, 0.717) is 31.0 Å². The van der Waals surface area contributed by atoms with Crippen LogP contribution in [0.2, 0.25) is 5.02 Å². The van der Waals surface area contributed by atoms with Crippen molar-refractivity contribution in [1.29, 1.82) is 0 Å². The van der Waals surface area contributed by atoms with Crippen LogP contribution in [0.1, 0.15) is 77.1 Å². The number of halogens is 1. The number of amides is 2. The van der Waals surface area contributed by atoms with E-state index in [4.69, 9.17) is 11.6 Å². The molecule has 2 heterocycles. The molecule has 2 amide bonds. The van der Waals surface area contributed by atoms with Gasteiger partial charge in [-0.3, -0.25) is 9.59 Å². The zero-order valence-corrected chi connectivity index (χ0v) is 23.2. The van der Waals surface area contributed by atoms with Crippen LogP contribution in [0.25, 0.3) is 0 Å². The Morgan fingerprint density at radius 3 is 2.49 bits per heavy atom. The first-order valence-corrected chi connectivity index (χ1v) is 13.6. The molecule has 10 heteroatoms. The molecule has 1 saturated carbocycles. The largest absolute Gasteiger partial charge is 0.384 e. The third-order valence-electron chi connectivity index (χ3n) is 8.38. The van der Waals surface area contributed by atoms with Crippen LogP contribution in [0, 0.1) is 17.3 Å². The average Bonchev–Trinajstić information content (AvgIpc) is 3.29. The highest BCUT2D eigenvalue weighted by Crippen LogP contribution is 2.46. The molecule has 37 heavy (non-hydrogen) atoms. The molecular weight excluding hydrogens is 492 g/mol. The number of aryl methyl sites for hydroxylation is 1. The maximum absolute atomic E-state index is 13.7. The number of hydrogen-bond acceptors (Lipinski definition) is 6. The second-order valence-corrected chi connectivity index (χ2v) is 12.1. The Hall–Kier alpha value is -2.52. The van der Waals surface area contributed by atoms with Gasteiger partial charge in [0.15, 0.2) is 5.82 Å². The van der Waals surface area contributed by atoms with Crippen molar-refractivity contribution in [3.05, 3.63) is 40.7 Å². The molecule has 4 atom stereocenters. The maximum atomic E-state index is 13.7. The smallest absolute Gasteiger partial charge is 0.245 e. The average molecular weight is 531 g/mol. The Morgan fingerprint density at radius 2 is 1.89 bits per heavy atom. The fourth-order valence-electron chi connectivity index (χ4n) is 6.00. The van der Waals surface area contributed by atoms with E-state index in [1.807, 2.05) is 46.9 Å². The second-order valence-electron chi connectivity index (χ2n) is 11.7. The first-order chi connectivity index (χ1) is 17.4. The number of likely N-dealkylation sites (tertiary alicyclic amines) is 1. The SMILES string of the molecule is CC(C)[C@@H](NC(=O)[C@@H]1CCC[C@H](c2nnnn2C)C1)C(=O)N1CC[C@](O)(c2ccc(Cl)cc2)C(C)(C)C1. The van der Waals surface area contributed by atoms with Crippen LogP contribution in [0.3, 0.4) is 0 Å². The molecule has 1 aliphatic heterocycles. The molecular formula is C27H39ClN6O3. The van der Waals surface area contributed by atoms with Crippen molar-refractivity contribution in [3.8, 4) is 0 Å². The van der Waals surface area contributed by atoms with Crippen molar-refractivity contribution in [2.24, 2.45) is 24.3 Å². The zero-order valence-electron chi connectivity index (χ0n) is 22.4. The second kappa shape index (κ2) is 10.7. The van der Waals surface area contributed by atoms with Gasteiger partial charge in [0, 0.05) is 42.4 Å². The predicted octanol–water partition coefficient (Wildman–Crippen LogP) is 3.42. The van der Waals surface area contributed by atoms with Gasteiger partial charge >= 0.3 is 0 Å². The van der Waals surface area contributed by atoms with Crippen molar-refractivity contribution in [1.82, 2.24) is 30.4 Å². The number of rotatable bonds is 6. The summed E-state index contributed by atoms with van der Waals surface area (Å²) in [7, 11) is 1.82. The van der Waals surface area contributed by atoms with E-state index in [-0.39, 0.29) is 29.6 Å². The van der Waals surface area contributed by atoms with Gasteiger partial charge in [-0.1, -0.05) is 57.8 Å². The number of aliphatic hydroxyl groups is 1. The van der Waals surface area contributed by atoms with Gasteiger partial charge in [-0.05, 0) is 59.7 Å². The Morgan fingerprint density at radius 1 is 1.19 bits per heavy atom. The van der Waals surface area contributed by atoms with E-state index in [0.717, 1.165) is 30.7 Å². The topological polar surface area (TPSA) is 113 Å². The fraction of sp³-hybridized carbons (Fsp3) is 0.667. The van der Waals surface area contributed by atoms with Crippen LogP contribution >= 0.6 is 11.6 Å². The molecule has 202 valence electrons. The Balaban J connectivity index is 1.44. The molecule has 0 bridgehead atoms. The molecule has 1 saturated heterocycles. The highest BCUT2D eigenvalue weighted by atomic mass is 35.5. The summed E-state index contributed by atoms with van der Waals surface area (Å²) in [5.74, 6) is 0.500. The van der Waals surface area contributed by atoms with E-state index in [1.54, 1.807) is 21.7 Å². The molecule has 2 N–H and O–H groups in total. The quantitative estimate of drug-likeness (QED) is 0.591. The van der Waals surface area contributed by atoms with E-state index in [1.165, 1.54) is 0 Å². The summed E-state index contributed by atoms with van der Waals surface area (Å²) in [5.41, 5.74) is -0.884. The molecule has 1 aliphatic carbocycles. The van der Waals surface area contributed by atoms with Crippen molar-refractivity contribution in [2.45, 2.75) is 77.4 Å². The lowest BCUT2D eigenvalue weighted by molar-refractivity contribution is -0.157. The lowest BCUT2D eigenvalue weighted by atomic mass is 9.66. The van der Waals surface area contributed by atoms with Crippen LogP contribution < -0.4 is 5.32 Å². The lowest BCUT2D eigenvalue weighted by Gasteiger charge is -2.51. The Labute approximate surface area is 223 Å². The number of aromatic nitrogens is 4. The zero-order chi connectivity index (χ0) is 27.0. The number of benzene rings is 1. The predicted molar refractivity (Wildman–Crippen MR) is 141 cm³/mol. The molecule has 0 radical (unpaired) electrons. The summed E-state index contributed by atoms with van der Waals surface area (Å²) >= 11 is 6.06. The van der Waals surface area contributed by atoms with E-state index in [9.17, 15) is 14.7 Å². The van der Waals surface area contributed by atoms with Crippen LogP contribution in [0.15, 0.2) is 24.3 Å². The van der Waals surface area contributed by atoms with Crippen molar-refractivity contribution in [2.75, 3.05) is 13.1 Å². The van der Waals surface area contributed by atoms with Gasteiger partial charge in [0.1, 0.15) is 6.04 Å². The third kappa shape index (κ3) is 5.53. The van der Waals surface area contributed by atoms with Gasteiger partial charge < -0.3 is 15.3 Å². The molecule has 0 spiro atoms. The lowest BCUT2D eigenvalue weighted by Crippen LogP contribution is -2.60. The molecule has 2 aliphatic rings. The van der Waals surface area contributed by atoms with Crippen LogP contribution in [0.4, 0.5) is 0 Å². The van der Waals surface area contributed by atoms with Gasteiger partial charge in [-0.2, -0.15) is 0 Å². The maximum Gasteiger partial charge on any atom is 0.245 e. The van der Waals surface area contributed by atoms with E-state index < -0.39 is 17.1 Å². The fourth-order valence-corrected chi connectivity index (χ4v) is 6.12. The molecule has 1 aromatic heterocycles. The number of tetrazole rings is 1. The number of nitrogens with zero attached hydrogens (tertiary/aromatic N) is 5. The summed E-state index contributed by atoms with van der Waals surface area (Å²) in [5, 5.41) is 27.2. The minimum absolute atomic E-state index is 0.0704. The summed E-state index contributed by atoms with van der Waals surface area (Å²) in [4.78, 5) is 28.9. The van der Waals surface area contributed by atoms with Crippen molar-refractivity contribution < 1.29 is 14.7 Å². The van der Waals surface area contributed by atoms with E-state index >= 15 is 0 Å². The highest BCUT2D eigenvalue weighted by Gasteiger charge is 2.50. The summed E-state index contributed by atoms with van der Waals surface area (Å²) in [6.45, 7) is 8.66. The van der Waals surface area contributed by atoms with Gasteiger partial charge in [0.25, 0.3) is 0 Å². The number of nitrogens with one attached hydrogen (secondary N) is 1. The van der Waals surface area contributed by atoms with Crippen molar-refractivity contribution >= 4 is 23.4 Å². The third-order valence-corrected chi connectivity index (χ3v) is 8.63. The Bertz CT molecular complexity index is 1120. The molecule has 1 aromatic carbocycles. The van der Waals surface area contributed by atoms with Crippen LogP contribution in [-0.4, -0.2) is 61.2 Å². The molecule has 2 fully saturated rings. The number of piperidine rings is 1. The van der Waals surface area contributed by atoms with E-state index in [2.05, 4.69) is 20.8 Å². The minimum atomic E-state index is -1.09. The van der Waals surface area contributed by atoms with Crippen LogP contribution in [0.5, 0.6) is 0 Å². The Kier molecular flexibility index (Phi) is 7.95. The summed E-state index contributed by atoms with van der Waals surface area (Å²) in [6, 6.07) is 6.65. The minimum Gasteiger partial charge on any atom is -0.384 e. The van der Waals surface area contributed by atoms with Gasteiger partial charge in [-0.15, -0.1) is 5.10 Å². The first kappa shape index (κ1) is 27.5. The number of hydrogen-bond donors (Lipinski definition) is 2. The first-order valence-electron chi connectivity index (χ1n) is 13.2. The van der Waals surface area contributed by atoms with Crippen LogP contribution in [-0.2, 0) is 22.2 Å². The van der Waals surface area contributed by atoms with Gasteiger partial charge in [-0.25, -0.2) is 4.68 Å². The standard InChI is InChI=1S/C27H39ClN6O3/c1-17(2)22(29-24(35)19-8-6-7-18(15-19)23-30-31-32-33(23)5)25(36)34-14-13-27(37,26(3,4)16-34)20-9-11-21(28)12-10-20/h9-12,17-19,22,37H,6-8,13-16H2,1-5H3,(H,29,35)/t18-,19+,22+,27-/m0/s1. The number of carbonyl (C=O) groups excluding carboxylic acids is 2. The summed E-state index contributed by atoms with van der Waals surface area (Å²) in [6.07, 6.45) is 3.73. The monoisotopic (exact) mass is 530 g/mol. The van der Waals surface area contributed by atoms with Crippen molar-refractivity contribution in [3.63, 3.8) is 0 Å². The molecule has 4 rings (SSSR count). The van der Waals surface area contributed by atoms with Gasteiger partial charge in [0.2, 0.25) is 11.8 Å². The summed E-state index contributed by atoms with van der Waals surface area (Å²) < 4.78 is 1.68. The van der Waals surface area contributed by atoms with Gasteiger partial charge in [0.05, 0.1) is 5.60 Å². The molecule has 9 nitrogen and oxygen atoms in total. The molecule has 2 aromatic rings. The number of carbonyl (C=O) groups is 2. The molecule has 0 unspecified atom stereocenters. The highest BCUT2D eigenvalue weighted by molar-refractivity contribution is 6.30. The normalized spacial score (nSPS) is 26.6.